The first-order valence-electron chi connectivity index (χ1n) is 9.57. The molecular formula is C20H18ClN7O5. The topological polar surface area (TPSA) is 146 Å². The molecular weight excluding hydrogens is 454 g/mol. The van der Waals surface area contributed by atoms with Gasteiger partial charge >= 0.3 is 0 Å². The summed E-state index contributed by atoms with van der Waals surface area (Å²) in [7, 11) is 2.90. The number of nitro groups is 1. The summed E-state index contributed by atoms with van der Waals surface area (Å²) in [5, 5.41) is 29.0. The molecule has 0 saturated heterocycles. The summed E-state index contributed by atoms with van der Waals surface area (Å²) in [6, 6.07) is 8.19. The molecule has 1 aliphatic heterocycles. The minimum Gasteiger partial charge on any atom is -0.495 e. The van der Waals surface area contributed by atoms with Crippen LogP contribution in [0, 0.1) is 10.1 Å². The number of aromatic nitrogens is 4. The van der Waals surface area contributed by atoms with Crippen LogP contribution < -0.4 is 20.1 Å². The van der Waals surface area contributed by atoms with Crippen molar-refractivity contribution in [2.45, 2.75) is 13.0 Å². The lowest BCUT2D eigenvalue weighted by Crippen LogP contribution is -2.31. The van der Waals surface area contributed by atoms with Crippen molar-refractivity contribution in [1.82, 2.24) is 20.2 Å². The molecule has 0 fully saturated rings. The van der Waals surface area contributed by atoms with E-state index in [4.69, 9.17) is 21.1 Å². The van der Waals surface area contributed by atoms with Gasteiger partial charge in [-0.3, -0.25) is 14.9 Å². The second-order valence-corrected chi connectivity index (χ2v) is 7.41. The van der Waals surface area contributed by atoms with E-state index in [9.17, 15) is 14.9 Å². The van der Waals surface area contributed by atoms with Gasteiger partial charge in [0.05, 0.1) is 35.4 Å². The molecule has 33 heavy (non-hydrogen) atoms. The van der Waals surface area contributed by atoms with Gasteiger partial charge in [0.2, 0.25) is 5.95 Å². The molecule has 12 nitrogen and oxygen atoms in total. The number of carbonyl (C=O) groups excluding carboxylic acids is 1. The molecule has 0 aliphatic carbocycles. The van der Waals surface area contributed by atoms with Gasteiger partial charge in [-0.25, -0.2) is 0 Å². The van der Waals surface area contributed by atoms with Crippen LogP contribution >= 0.6 is 11.6 Å². The lowest BCUT2D eigenvalue weighted by molar-refractivity contribution is -0.384. The van der Waals surface area contributed by atoms with Gasteiger partial charge in [0, 0.05) is 30.0 Å². The number of methoxy groups -OCH3 is 2. The number of nitro benzene ring substituents is 1. The zero-order valence-electron chi connectivity index (χ0n) is 17.7. The first-order chi connectivity index (χ1) is 15.8. The number of amides is 1. The molecule has 2 aromatic carbocycles. The van der Waals surface area contributed by atoms with Crippen LogP contribution in [0.15, 0.2) is 47.7 Å². The van der Waals surface area contributed by atoms with Crippen molar-refractivity contribution in [2.24, 2.45) is 0 Å². The summed E-state index contributed by atoms with van der Waals surface area (Å²) in [4.78, 5) is 24.3. The van der Waals surface area contributed by atoms with Crippen LogP contribution in [0.1, 0.15) is 18.5 Å². The molecule has 2 N–H and O–H groups in total. The fourth-order valence-electron chi connectivity index (χ4n) is 3.57. The Labute approximate surface area is 192 Å². The fourth-order valence-corrected chi connectivity index (χ4v) is 3.80. The van der Waals surface area contributed by atoms with E-state index in [-0.39, 0.29) is 11.3 Å². The number of fused-ring (bicyclic) bond motifs is 1. The molecule has 1 aliphatic rings. The Hall–Kier alpha value is -4.19. The summed E-state index contributed by atoms with van der Waals surface area (Å²) < 4.78 is 12.0. The number of allylic oxidation sites excluding steroid dienone is 1. The van der Waals surface area contributed by atoms with Crippen LogP contribution in [0.5, 0.6) is 11.5 Å². The number of non-ortho nitro benzene ring substituents is 1. The minimum atomic E-state index is -0.823. The lowest BCUT2D eigenvalue weighted by Gasteiger charge is -2.28. The number of rotatable bonds is 6. The van der Waals surface area contributed by atoms with Gasteiger partial charge < -0.3 is 20.1 Å². The Morgan fingerprint density at radius 1 is 1.24 bits per heavy atom. The van der Waals surface area contributed by atoms with Crippen molar-refractivity contribution in [3.05, 3.63) is 68.4 Å². The molecule has 0 saturated carbocycles. The van der Waals surface area contributed by atoms with E-state index in [0.717, 1.165) is 0 Å². The van der Waals surface area contributed by atoms with Crippen molar-refractivity contribution >= 4 is 34.8 Å². The molecule has 0 spiro atoms. The average molecular weight is 472 g/mol. The van der Waals surface area contributed by atoms with Gasteiger partial charge in [0.25, 0.3) is 11.6 Å². The average Bonchev–Trinajstić information content (AvgIpc) is 3.26. The smallest absolute Gasteiger partial charge is 0.269 e. The van der Waals surface area contributed by atoms with Crippen LogP contribution in [0.4, 0.5) is 17.3 Å². The fraction of sp³-hybridized carbons (Fsp3) is 0.200. The monoisotopic (exact) mass is 471 g/mol. The summed E-state index contributed by atoms with van der Waals surface area (Å²) in [6.45, 7) is 1.69. The number of tetrazole rings is 1. The Balaban J connectivity index is 1.79. The molecule has 2 heterocycles. The number of nitrogens with one attached hydrogen (secondary N) is 2. The van der Waals surface area contributed by atoms with Crippen LogP contribution in [-0.2, 0) is 4.79 Å². The minimum absolute atomic E-state index is 0.123. The molecule has 170 valence electrons. The third-order valence-corrected chi connectivity index (χ3v) is 5.37. The number of carbonyl (C=O) groups is 1. The molecule has 0 bridgehead atoms. The highest BCUT2D eigenvalue weighted by Gasteiger charge is 2.35. The molecule has 13 heteroatoms. The second kappa shape index (κ2) is 8.74. The van der Waals surface area contributed by atoms with Gasteiger partial charge in [-0.05, 0) is 22.9 Å². The van der Waals surface area contributed by atoms with Crippen LogP contribution in [0.2, 0.25) is 5.02 Å². The number of halogens is 1. The van der Waals surface area contributed by atoms with E-state index in [0.29, 0.717) is 39.4 Å². The maximum Gasteiger partial charge on any atom is 0.269 e. The molecule has 0 radical (unpaired) electrons. The Bertz CT molecular complexity index is 1290. The Morgan fingerprint density at radius 2 is 2.00 bits per heavy atom. The van der Waals surface area contributed by atoms with E-state index in [1.807, 2.05) is 0 Å². The largest absolute Gasteiger partial charge is 0.495 e. The van der Waals surface area contributed by atoms with Crippen molar-refractivity contribution in [3.8, 4) is 11.5 Å². The van der Waals surface area contributed by atoms with Gasteiger partial charge in [-0.2, -0.15) is 4.68 Å². The summed E-state index contributed by atoms with van der Waals surface area (Å²) in [6.07, 6.45) is 0. The number of anilines is 2. The molecule has 1 unspecified atom stereocenters. The Morgan fingerprint density at radius 3 is 2.70 bits per heavy atom. The molecule has 1 amide bonds. The molecule has 1 atom stereocenters. The highest BCUT2D eigenvalue weighted by atomic mass is 35.5. The van der Waals surface area contributed by atoms with E-state index >= 15 is 0 Å². The van der Waals surface area contributed by atoms with E-state index in [1.54, 1.807) is 13.0 Å². The van der Waals surface area contributed by atoms with E-state index in [1.165, 1.54) is 49.2 Å². The number of nitrogens with zero attached hydrogens (tertiary/aromatic N) is 5. The van der Waals surface area contributed by atoms with Gasteiger partial charge in [0.1, 0.15) is 17.5 Å². The number of benzene rings is 2. The molecule has 4 rings (SSSR count). The first-order valence-corrected chi connectivity index (χ1v) is 9.94. The normalized spacial score (nSPS) is 14.8. The van der Waals surface area contributed by atoms with Crippen molar-refractivity contribution in [3.63, 3.8) is 0 Å². The van der Waals surface area contributed by atoms with Crippen molar-refractivity contribution < 1.29 is 19.2 Å². The van der Waals surface area contributed by atoms with Crippen LogP contribution in [-0.4, -0.2) is 45.3 Å². The van der Waals surface area contributed by atoms with Crippen molar-refractivity contribution in [1.29, 1.82) is 0 Å². The summed E-state index contributed by atoms with van der Waals surface area (Å²) in [5.41, 5.74) is 1.40. The van der Waals surface area contributed by atoms with Gasteiger partial charge in [-0.1, -0.05) is 28.8 Å². The zero-order chi connectivity index (χ0) is 23.7. The zero-order valence-corrected chi connectivity index (χ0v) is 18.5. The summed E-state index contributed by atoms with van der Waals surface area (Å²) >= 11 is 6.16. The standard InChI is InChI=1S/C20H18ClN7O5/c1-10-17(19(29)23-14-9-15(32-2)13(21)8-16(14)33-3)18(27-20(22-10)24-25-26-27)11-5-4-6-12(7-11)28(30)31/h4-9,18H,1-3H3,(H,23,29)(H,22,24,26). The SMILES string of the molecule is COc1cc(NC(=O)C2=C(C)Nc3nnnn3C2c2cccc([N+](=O)[O-])c2)c(OC)cc1Cl. The predicted octanol–water partition coefficient (Wildman–Crippen LogP) is 3.18. The Kier molecular flexibility index (Phi) is 5.84. The van der Waals surface area contributed by atoms with Crippen LogP contribution in [0.3, 0.4) is 0 Å². The second-order valence-electron chi connectivity index (χ2n) is 7.01. The van der Waals surface area contributed by atoms with E-state index in [2.05, 4.69) is 26.2 Å². The van der Waals surface area contributed by atoms with Gasteiger partial charge in [0.15, 0.2) is 0 Å². The maximum atomic E-state index is 13.5. The molecule has 1 aromatic heterocycles. The summed E-state index contributed by atoms with van der Waals surface area (Å²) in [5.74, 6) is 0.469. The maximum absolute atomic E-state index is 13.5. The van der Waals surface area contributed by atoms with E-state index < -0.39 is 16.9 Å². The third kappa shape index (κ3) is 4.03. The number of hydrogen-bond donors (Lipinski definition) is 2. The molecule has 3 aromatic rings. The van der Waals surface area contributed by atoms with Crippen molar-refractivity contribution in [2.75, 3.05) is 24.9 Å². The predicted molar refractivity (Wildman–Crippen MR) is 119 cm³/mol. The highest BCUT2D eigenvalue weighted by Crippen LogP contribution is 2.39. The van der Waals surface area contributed by atoms with Gasteiger partial charge in [-0.15, -0.1) is 0 Å². The third-order valence-electron chi connectivity index (χ3n) is 5.08. The lowest BCUT2D eigenvalue weighted by atomic mass is 9.94. The van der Waals surface area contributed by atoms with Crippen LogP contribution in [0.25, 0.3) is 0 Å². The quantitative estimate of drug-likeness (QED) is 0.408. The number of hydrogen-bond acceptors (Lipinski definition) is 9. The highest BCUT2D eigenvalue weighted by molar-refractivity contribution is 6.32. The number of ether oxygens (including phenoxy) is 2. The first kappa shape index (κ1) is 22.0.